The predicted octanol–water partition coefficient (Wildman–Crippen LogP) is 1.68. The lowest BCUT2D eigenvalue weighted by atomic mass is 10.0. The molecule has 0 aliphatic carbocycles. The van der Waals surface area contributed by atoms with Crippen molar-refractivity contribution in [1.29, 1.82) is 0 Å². The molecule has 0 spiro atoms. The second-order valence-corrected chi connectivity index (χ2v) is 3.81. The normalized spacial score (nSPS) is 23.4. The average molecular weight is 208 g/mol. The van der Waals surface area contributed by atoms with Gasteiger partial charge in [-0.15, -0.1) is 0 Å². The zero-order chi connectivity index (χ0) is 11.2. The maximum absolute atomic E-state index is 10.8. The Hall–Kier alpha value is -1.62. The highest BCUT2D eigenvalue weighted by atomic mass is 16.6. The van der Waals surface area contributed by atoms with Gasteiger partial charge in [-0.2, -0.15) is 0 Å². The van der Waals surface area contributed by atoms with Crippen molar-refractivity contribution in [3.63, 3.8) is 0 Å². The molecule has 1 aromatic rings. The molecule has 80 valence electrons. The van der Waals surface area contributed by atoms with Crippen molar-refractivity contribution in [1.82, 2.24) is 0 Å². The molecular weight excluding hydrogens is 196 g/mol. The Labute approximate surface area is 87.0 Å². The van der Waals surface area contributed by atoms with Crippen molar-refractivity contribution in [3.8, 4) is 5.75 Å². The van der Waals surface area contributed by atoms with Crippen molar-refractivity contribution in [2.24, 2.45) is 5.73 Å². The first-order chi connectivity index (χ1) is 7.00. The highest BCUT2D eigenvalue weighted by Crippen LogP contribution is 2.42. The van der Waals surface area contributed by atoms with Gasteiger partial charge in [0.25, 0.3) is 0 Å². The first kappa shape index (κ1) is 9.92. The minimum absolute atomic E-state index is 0.00444. The van der Waals surface area contributed by atoms with Gasteiger partial charge < -0.3 is 10.5 Å². The van der Waals surface area contributed by atoms with Crippen LogP contribution in [0.25, 0.3) is 0 Å². The van der Waals surface area contributed by atoms with Crippen LogP contribution in [0.4, 0.5) is 5.69 Å². The average Bonchev–Trinajstić information content (AvgIpc) is 2.43. The van der Waals surface area contributed by atoms with Crippen molar-refractivity contribution in [2.45, 2.75) is 26.0 Å². The molecule has 1 heterocycles. The van der Waals surface area contributed by atoms with Gasteiger partial charge >= 0.3 is 5.69 Å². The molecule has 2 N–H and O–H groups in total. The molecule has 5 heteroatoms. The van der Waals surface area contributed by atoms with Crippen LogP contribution in [-0.4, -0.2) is 11.0 Å². The summed E-state index contributed by atoms with van der Waals surface area (Å²) in [6.45, 7) is 3.62. The zero-order valence-electron chi connectivity index (χ0n) is 8.56. The van der Waals surface area contributed by atoms with Gasteiger partial charge in [0, 0.05) is 11.6 Å². The Kier molecular flexibility index (Phi) is 2.12. The van der Waals surface area contributed by atoms with E-state index < -0.39 is 4.92 Å². The van der Waals surface area contributed by atoms with E-state index in [2.05, 4.69) is 0 Å². The van der Waals surface area contributed by atoms with Gasteiger partial charge in [-0.1, -0.05) is 6.07 Å². The van der Waals surface area contributed by atoms with Gasteiger partial charge in [0.15, 0.2) is 0 Å². The fourth-order valence-electron chi connectivity index (χ4n) is 1.81. The van der Waals surface area contributed by atoms with Crippen LogP contribution in [0.5, 0.6) is 5.75 Å². The number of nitro benzene ring substituents is 1. The molecule has 5 nitrogen and oxygen atoms in total. The number of hydrogen-bond donors (Lipinski definition) is 1. The summed E-state index contributed by atoms with van der Waals surface area (Å²) in [5.74, 6) is 0.325. The summed E-state index contributed by atoms with van der Waals surface area (Å²) in [7, 11) is 0. The van der Waals surface area contributed by atoms with E-state index in [9.17, 15) is 10.1 Å². The van der Waals surface area contributed by atoms with Gasteiger partial charge in [-0.05, 0) is 19.4 Å². The summed E-state index contributed by atoms with van der Waals surface area (Å²) in [6.07, 6.45) is -0.208. The number of hydrogen-bond acceptors (Lipinski definition) is 4. The van der Waals surface area contributed by atoms with E-state index in [-0.39, 0.29) is 17.8 Å². The summed E-state index contributed by atoms with van der Waals surface area (Å²) in [4.78, 5) is 10.4. The first-order valence-corrected chi connectivity index (χ1v) is 4.72. The second-order valence-electron chi connectivity index (χ2n) is 3.81. The molecule has 0 aromatic heterocycles. The lowest BCUT2D eigenvalue weighted by Gasteiger charge is -2.07. The Morgan fingerprint density at radius 2 is 2.20 bits per heavy atom. The summed E-state index contributed by atoms with van der Waals surface area (Å²) in [5.41, 5.74) is 7.44. The smallest absolute Gasteiger partial charge is 0.311 e. The van der Waals surface area contributed by atoms with Crippen molar-refractivity contribution in [3.05, 3.63) is 33.4 Å². The number of nitrogens with zero attached hydrogens (tertiary/aromatic N) is 1. The van der Waals surface area contributed by atoms with Crippen LogP contribution in [0, 0.1) is 17.0 Å². The van der Waals surface area contributed by atoms with E-state index in [0.29, 0.717) is 5.75 Å². The number of nitro groups is 1. The molecule has 1 aliphatic rings. The number of fused-ring (bicyclic) bond motifs is 1. The maximum atomic E-state index is 10.8. The van der Waals surface area contributed by atoms with Gasteiger partial charge in [-0.25, -0.2) is 0 Å². The van der Waals surface area contributed by atoms with Gasteiger partial charge in [-0.3, -0.25) is 10.1 Å². The molecule has 2 atom stereocenters. The van der Waals surface area contributed by atoms with E-state index in [4.69, 9.17) is 10.5 Å². The summed E-state index contributed by atoms with van der Waals surface area (Å²) in [6, 6.07) is 3.07. The van der Waals surface area contributed by atoms with Crippen molar-refractivity contribution >= 4 is 5.69 Å². The van der Waals surface area contributed by atoms with Crippen LogP contribution in [-0.2, 0) is 0 Å². The molecule has 2 unspecified atom stereocenters. The number of nitrogens with two attached hydrogens (primary N) is 1. The van der Waals surface area contributed by atoms with Crippen LogP contribution in [0.15, 0.2) is 12.1 Å². The maximum Gasteiger partial charge on any atom is 0.311 e. The van der Waals surface area contributed by atoms with E-state index in [1.54, 1.807) is 0 Å². The van der Waals surface area contributed by atoms with Crippen LogP contribution >= 0.6 is 0 Å². The third-order valence-corrected chi connectivity index (χ3v) is 2.61. The SMILES string of the molecule is Cc1cc2c(c([N+](=O)[O-])c1)OC(C)C2N. The van der Waals surface area contributed by atoms with Crippen molar-refractivity contribution in [2.75, 3.05) is 0 Å². The molecule has 0 fully saturated rings. The van der Waals surface area contributed by atoms with E-state index in [0.717, 1.165) is 11.1 Å². The van der Waals surface area contributed by atoms with E-state index in [1.165, 1.54) is 6.07 Å². The molecule has 0 saturated carbocycles. The van der Waals surface area contributed by atoms with Crippen LogP contribution in [0.1, 0.15) is 24.1 Å². The van der Waals surface area contributed by atoms with Crippen LogP contribution < -0.4 is 10.5 Å². The molecular formula is C10H12N2O3. The highest BCUT2D eigenvalue weighted by Gasteiger charge is 2.34. The third kappa shape index (κ3) is 1.45. The van der Waals surface area contributed by atoms with Gasteiger partial charge in [0.1, 0.15) is 6.10 Å². The fraction of sp³-hybridized carbons (Fsp3) is 0.400. The molecule has 1 aliphatic heterocycles. The Morgan fingerprint density at radius 3 is 2.80 bits per heavy atom. The number of ether oxygens (including phenoxy) is 1. The predicted molar refractivity (Wildman–Crippen MR) is 54.9 cm³/mol. The van der Waals surface area contributed by atoms with Gasteiger partial charge in [0.2, 0.25) is 5.75 Å². The standard InChI is InChI=1S/C10H12N2O3/c1-5-3-7-9(11)6(2)15-10(7)8(4-5)12(13)14/h3-4,6,9H,11H2,1-2H3. The van der Waals surface area contributed by atoms with Crippen LogP contribution in [0.2, 0.25) is 0 Å². The Balaban J connectivity index is 2.62. The largest absolute Gasteiger partial charge is 0.482 e. The fourth-order valence-corrected chi connectivity index (χ4v) is 1.81. The van der Waals surface area contributed by atoms with Crippen molar-refractivity contribution < 1.29 is 9.66 Å². The molecule has 0 amide bonds. The number of benzene rings is 1. The summed E-state index contributed by atoms with van der Waals surface area (Å²) < 4.78 is 5.40. The minimum atomic E-state index is -0.434. The lowest BCUT2D eigenvalue weighted by Crippen LogP contribution is -2.21. The van der Waals surface area contributed by atoms with E-state index >= 15 is 0 Å². The summed E-state index contributed by atoms with van der Waals surface area (Å²) >= 11 is 0. The topological polar surface area (TPSA) is 78.4 Å². The molecule has 1 aromatic carbocycles. The number of rotatable bonds is 1. The van der Waals surface area contributed by atoms with Crippen LogP contribution in [0.3, 0.4) is 0 Å². The van der Waals surface area contributed by atoms with E-state index in [1.807, 2.05) is 19.9 Å². The molecule has 0 saturated heterocycles. The Bertz CT molecular complexity index is 431. The molecule has 2 rings (SSSR count). The van der Waals surface area contributed by atoms with Gasteiger partial charge in [0.05, 0.1) is 11.0 Å². The highest BCUT2D eigenvalue weighted by molar-refractivity contribution is 5.57. The number of aryl methyl sites for hydroxylation is 1. The minimum Gasteiger partial charge on any atom is -0.482 e. The Morgan fingerprint density at radius 1 is 1.53 bits per heavy atom. The first-order valence-electron chi connectivity index (χ1n) is 4.72. The third-order valence-electron chi connectivity index (χ3n) is 2.61. The quantitative estimate of drug-likeness (QED) is 0.562. The monoisotopic (exact) mass is 208 g/mol. The molecule has 0 radical (unpaired) electrons. The molecule has 15 heavy (non-hydrogen) atoms. The molecule has 0 bridgehead atoms. The lowest BCUT2D eigenvalue weighted by molar-refractivity contribution is -0.385. The second kappa shape index (κ2) is 3.20. The summed E-state index contributed by atoms with van der Waals surface area (Å²) in [5, 5.41) is 10.8. The zero-order valence-corrected chi connectivity index (χ0v) is 8.56.